The molecule has 6 heteroatoms. The Balaban J connectivity index is 2.31. The molecule has 1 aromatic carbocycles. The van der Waals surface area contributed by atoms with Crippen molar-refractivity contribution < 1.29 is 0 Å². The monoisotopic (exact) mass is 312 g/mol. The summed E-state index contributed by atoms with van der Waals surface area (Å²) in [5.41, 5.74) is 7.54. The van der Waals surface area contributed by atoms with Gasteiger partial charge in [0.2, 0.25) is 0 Å². The van der Waals surface area contributed by atoms with E-state index >= 15 is 0 Å². The highest BCUT2D eigenvalue weighted by Crippen LogP contribution is 2.28. The standard InChI is InChI=1S/C11H10BrClN4/c1-6-2-3-7(4-8(6)13)17-11-9(12)10(14)15-5-16-11/h2-5H,1H3,(H3,14,15,16,17). The van der Waals surface area contributed by atoms with Gasteiger partial charge in [0, 0.05) is 10.7 Å². The summed E-state index contributed by atoms with van der Waals surface area (Å²) in [6.45, 7) is 1.95. The molecule has 0 fully saturated rings. The van der Waals surface area contributed by atoms with Gasteiger partial charge >= 0.3 is 0 Å². The summed E-state index contributed by atoms with van der Waals surface area (Å²) in [6, 6.07) is 5.69. The smallest absolute Gasteiger partial charge is 0.150 e. The second kappa shape index (κ2) is 4.89. The zero-order valence-electron chi connectivity index (χ0n) is 9.04. The molecule has 0 aliphatic carbocycles. The topological polar surface area (TPSA) is 63.8 Å². The lowest BCUT2D eigenvalue weighted by atomic mass is 10.2. The first kappa shape index (κ1) is 12.1. The Morgan fingerprint density at radius 2 is 2.12 bits per heavy atom. The van der Waals surface area contributed by atoms with Gasteiger partial charge in [-0.1, -0.05) is 17.7 Å². The third kappa shape index (κ3) is 2.68. The largest absolute Gasteiger partial charge is 0.383 e. The van der Waals surface area contributed by atoms with Crippen molar-refractivity contribution in [1.82, 2.24) is 9.97 Å². The minimum absolute atomic E-state index is 0.390. The first-order valence-electron chi connectivity index (χ1n) is 4.87. The van der Waals surface area contributed by atoms with E-state index in [9.17, 15) is 0 Å². The van der Waals surface area contributed by atoms with Gasteiger partial charge in [0.05, 0.1) is 0 Å². The number of benzene rings is 1. The third-order valence-electron chi connectivity index (χ3n) is 2.25. The molecule has 0 aliphatic rings. The summed E-state index contributed by atoms with van der Waals surface area (Å²) in [5, 5.41) is 3.82. The lowest BCUT2D eigenvalue weighted by Crippen LogP contribution is -1.99. The van der Waals surface area contributed by atoms with Gasteiger partial charge in [-0.15, -0.1) is 0 Å². The number of aryl methyl sites for hydroxylation is 1. The first-order chi connectivity index (χ1) is 8.08. The number of nitrogens with two attached hydrogens (primary N) is 1. The fourth-order valence-corrected chi connectivity index (χ4v) is 1.76. The van der Waals surface area contributed by atoms with Gasteiger partial charge in [-0.05, 0) is 40.5 Å². The second-order valence-electron chi connectivity index (χ2n) is 3.51. The molecule has 0 radical (unpaired) electrons. The Kier molecular flexibility index (Phi) is 3.49. The Morgan fingerprint density at radius 3 is 2.82 bits per heavy atom. The summed E-state index contributed by atoms with van der Waals surface area (Å²) in [6.07, 6.45) is 1.40. The number of hydrogen-bond donors (Lipinski definition) is 2. The highest BCUT2D eigenvalue weighted by atomic mass is 79.9. The number of aromatic nitrogens is 2. The molecule has 2 rings (SSSR count). The SMILES string of the molecule is Cc1ccc(Nc2ncnc(N)c2Br)cc1Cl. The van der Waals surface area contributed by atoms with Crippen LogP contribution in [0.4, 0.5) is 17.3 Å². The van der Waals surface area contributed by atoms with E-state index in [1.165, 1.54) is 6.33 Å². The summed E-state index contributed by atoms with van der Waals surface area (Å²) in [7, 11) is 0. The molecule has 0 saturated carbocycles. The molecule has 1 aromatic heterocycles. The molecular weight excluding hydrogens is 304 g/mol. The lowest BCUT2D eigenvalue weighted by molar-refractivity contribution is 1.16. The van der Waals surface area contributed by atoms with Crippen molar-refractivity contribution in [2.24, 2.45) is 0 Å². The van der Waals surface area contributed by atoms with Crippen LogP contribution in [0, 0.1) is 6.92 Å². The zero-order chi connectivity index (χ0) is 12.4. The van der Waals surface area contributed by atoms with Gasteiger partial charge in [-0.3, -0.25) is 0 Å². The van der Waals surface area contributed by atoms with E-state index in [0.717, 1.165) is 11.3 Å². The van der Waals surface area contributed by atoms with Crippen molar-refractivity contribution >= 4 is 44.9 Å². The number of halogens is 2. The quantitative estimate of drug-likeness (QED) is 0.890. The number of anilines is 3. The Morgan fingerprint density at radius 1 is 1.35 bits per heavy atom. The first-order valence-corrected chi connectivity index (χ1v) is 6.04. The molecule has 0 saturated heterocycles. The average molecular weight is 314 g/mol. The van der Waals surface area contributed by atoms with E-state index < -0.39 is 0 Å². The Bertz CT molecular complexity index is 559. The maximum atomic E-state index is 6.04. The van der Waals surface area contributed by atoms with Gasteiger partial charge < -0.3 is 11.1 Å². The van der Waals surface area contributed by atoms with E-state index in [1.807, 2.05) is 25.1 Å². The maximum Gasteiger partial charge on any atom is 0.150 e. The molecule has 88 valence electrons. The van der Waals surface area contributed by atoms with Crippen LogP contribution in [-0.2, 0) is 0 Å². The van der Waals surface area contributed by atoms with Crippen LogP contribution in [0.1, 0.15) is 5.56 Å². The van der Waals surface area contributed by atoms with Gasteiger partial charge in [-0.25, -0.2) is 9.97 Å². The normalized spacial score (nSPS) is 10.3. The van der Waals surface area contributed by atoms with Gasteiger partial charge in [0.1, 0.15) is 22.4 Å². The predicted molar refractivity (Wildman–Crippen MR) is 73.6 cm³/mol. The van der Waals surface area contributed by atoms with Crippen LogP contribution < -0.4 is 11.1 Å². The fraction of sp³-hybridized carbons (Fsp3) is 0.0909. The number of nitrogens with zero attached hydrogens (tertiary/aromatic N) is 2. The summed E-state index contributed by atoms with van der Waals surface area (Å²) < 4.78 is 0.636. The molecule has 2 aromatic rings. The number of nitrogens with one attached hydrogen (secondary N) is 1. The highest BCUT2D eigenvalue weighted by molar-refractivity contribution is 9.10. The van der Waals surface area contributed by atoms with Crippen LogP contribution in [0.3, 0.4) is 0 Å². The second-order valence-corrected chi connectivity index (χ2v) is 4.71. The van der Waals surface area contributed by atoms with Crippen molar-refractivity contribution in [3.05, 3.63) is 39.6 Å². The van der Waals surface area contributed by atoms with Crippen LogP contribution in [0.5, 0.6) is 0 Å². The van der Waals surface area contributed by atoms with E-state index in [0.29, 0.717) is 21.1 Å². The van der Waals surface area contributed by atoms with Crippen LogP contribution in [0.25, 0.3) is 0 Å². The molecule has 3 N–H and O–H groups in total. The molecule has 1 heterocycles. The van der Waals surface area contributed by atoms with Crippen LogP contribution >= 0.6 is 27.5 Å². The van der Waals surface area contributed by atoms with Crippen LogP contribution in [0.15, 0.2) is 29.0 Å². The van der Waals surface area contributed by atoms with Gasteiger partial charge in [0.25, 0.3) is 0 Å². The molecule has 0 unspecified atom stereocenters. The predicted octanol–water partition coefficient (Wildman–Crippen LogP) is 3.53. The highest BCUT2D eigenvalue weighted by Gasteiger charge is 2.06. The molecule has 0 aliphatic heterocycles. The van der Waals surface area contributed by atoms with E-state index in [2.05, 4.69) is 31.2 Å². The minimum atomic E-state index is 0.390. The van der Waals surface area contributed by atoms with Crippen molar-refractivity contribution in [2.75, 3.05) is 11.1 Å². The minimum Gasteiger partial charge on any atom is -0.383 e. The number of hydrogen-bond acceptors (Lipinski definition) is 4. The van der Waals surface area contributed by atoms with E-state index in [4.69, 9.17) is 17.3 Å². The molecule has 0 atom stereocenters. The van der Waals surface area contributed by atoms with E-state index in [-0.39, 0.29) is 0 Å². The molecule has 4 nitrogen and oxygen atoms in total. The molecule has 0 spiro atoms. The Hall–Kier alpha value is -1.33. The van der Waals surface area contributed by atoms with Crippen molar-refractivity contribution in [2.45, 2.75) is 6.92 Å². The molecule has 0 amide bonds. The van der Waals surface area contributed by atoms with Crippen molar-refractivity contribution in [1.29, 1.82) is 0 Å². The summed E-state index contributed by atoms with van der Waals surface area (Å²) >= 11 is 9.37. The summed E-state index contributed by atoms with van der Waals surface area (Å²) in [5.74, 6) is 0.998. The lowest BCUT2D eigenvalue weighted by Gasteiger charge is -2.09. The third-order valence-corrected chi connectivity index (χ3v) is 3.44. The van der Waals surface area contributed by atoms with E-state index in [1.54, 1.807) is 0 Å². The number of rotatable bonds is 2. The Labute approximate surface area is 112 Å². The van der Waals surface area contributed by atoms with Crippen LogP contribution in [0.2, 0.25) is 5.02 Å². The number of nitrogen functional groups attached to an aromatic ring is 1. The van der Waals surface area contributed by atoms with Crippen molar-refractivity contribution in [3.8, 4) is 0 Å². The van der Waals surface area contributed by atoms with Gasteiger partial charge in [0.15, 0.2) is 0 Å². The zero-order valence-corrected chi connectivity index (χ0v) is 11.4. The van der Waals surface area contributed by atoms with Gasteiger partial charge in [-0.2, -0.15) is 0 Å². The molecule has 17 heavy (non-hydrogen) atoms. The molecule has 0 bridgehead atoms. The molecular formula is C11H10BrClN4. The average Bonchev–Trinajstić information content (AvgIpc) is 2.30. The maximum absolute atomic E-state index is 6.04. The van der Waals surface area contributed by atoms with Crippen molar-refractivity contribution in [3.63, 3.8) is 0 Å². The fourth-order valence-electron chi connectivity index (χ4n) is 1.28. The van der Waals surface area contributed by atoms with Crippen LogP contribution in [-0.4, -0.2) is 9.97 Å². The summed E-state index contributed by atoms with van der Waals surface area (Å²) in [4.78, 5) is 7.96.